The number of rotatable bonds is 5. The van der Waals surface area contributed by atoms with Crippen molar-refractivity contribution in [3.63, 3.8) is 0 Å². The van der Waals surface area contributed by atoms with Crippen LogP contribution in [0.4, 0.5) is 0 Å². The predicted octanol–water partition coefficient (Wildman–Crippen LogP) is 2.17. The molecule has 0 spiro atoms. The van der Waals surface area contributed by atoms with Gasteiger partial charge in [-0.2, -0.15) is 8.42 Å². The highest BCUT2D eigenvalue weighted by Crippen LogP contribution is 2.19. The molecule has 0 radical (unpaired) electrons. The zero-order chi connectivity index (χ0) is 31.5. The highest BCUT2D eigenvalue weighted by atomic mass is 32.2. The minimum absolute atomic E-state index is 0.0666. The highest BCUT2D eigenvalue weighted by Gasteiger charge is 2.17. The van der Waals surface area contributed by atoms with Gasteiger partial charge in [-0.3, -0.25) is 9.35 Å². The average Bonchev–Trinajstić information content (AvgIpc) is 3.75. The molecule has 5 rings (SSSR count). The number of aliphatic hydroxyl groups is 2. The van der Waals surface area contributed by atoms with E-state index in [9.17, 15) is 13.2 Å². The summed E-state index contributed by atoms with van der Waals surface area (Å²) in [5, 5.41) is 25.5. The first-order chi connectivity index (χ1) is 19.8. The largest absolute Gasteiger partial charge is 0.481 e. The number of benzene rings is 1. The lowest BCUT2D eigenvalue weighted by atomic mass is 10.0. The second-order valence-corrected chi connectivity index (χ2v) is 12.1. The molecule has 12 heteroatoms. The number of carboxylic acids is 1. The third kappa shape index (κ3) is 17.5. The summed E-state index contributed by atoms with van der Waals surface area (Å²) in [6.45, 7) is 4.32. The summed E-state index contributed by atoms with van der Waals surface area (Å²) in [6, 6.07) is 6.44. The number of aliphatic carboxylic acids is 1. The number of hydrogen-bond acceptors (Lipinski definition) is 9. The Balaban J connectivity index is 0.000000267. The fraction of sp³-hybridized carbons (Fsp3) is 0.567. The molecule has 0 saturated carbocycles. The third-order valence-electron chi connectivity index (χ3n) is 6.67. The number of nitrogens with two attached hydrogens (primary N) is 3. The van der Waals surface area contributed by atoms with Crippen molar-refractivity contribution in [1.82, 2.24) is 0 Å². The Morgan fingerprint density at radius 1 is 0.786 bits per heavy atom. The lowest BCUT2D eigenvalue weighted by Crippen LogP contribution is -2.16. The van der Waals surface area contributed by atoms with Crippen LogP contribution in [0.2, 0.25) is 0 Å². The van der Waals surface area contributed by atoms with Gasteiger partial charge in [0.2, 0.25) is 0 Å². The SMILES string of the molecule is C1CCOC1.Cc1ccc(S(=O)(=O)O)cc1.NC1C=CC(CC(=O)O)C1.NC1C=CC(CO)C1.N[C@H]1C=C[C@@H](CO)C1. The van der Waals surface area contributed by atoms with Crippen LogP contribution in [0.1, 0.15) is 44.1 Å². The van der Waals surface area contributed by atoms with E-state index >= 15 is 0 Å². The van der Waals surface area contributed by atoms with Crippen molar-refractivity contribution in [3.05, 3.63) is 66.3 Å². The lowest BCUT2D eigenvalue weighted by Gasteiger charge is -2.03. The van der Waals surface area contributed by atoms with E-state index in [1.54, 1.807) is 12.1 Å². The van der Waals surface area contributed by atoms with E-state index in [0.29, 0.717) is 11.8 Å². The first-order valence-corrected chi connectivity index (χ1v) is 15.6. The molecule has 238 valence electrons. The molecule has 3 aliphatic carbocycles. The number of carboxylic acid groups (broad SMARTS) is 1. The maximum Gasteiger partial charge on any atom is 0.303 e. The molecule has 1 aromatic carbocycles. The fourth-order valence-electron chi connectivity index (χ4n) is 4.29. The van der Waals surface area contributed by atoms with E-state index in [1.165, 1.54) is 25.0 Å². The smallest absolute Gasteiger partial charge is 0.303 e. The highest BCUT2D eigenvalue weighted by molar-refractivity contribution is 7.85. The molecular weight excluding hydrogens is 562 g/mol. The molecule has 1 fully saturated rings. The van der Waals surface area contributed by atoms with Gasteiger partial charge >= 0.3 is 5.97 Å². The summed E-state index contributed by atoms with van der Waals surface area (Å²) >= 11 is 0. The standard InChI is InChI=1S/C7H11NO2.C7H8O3S.2C6H11NO.C4H8O/c8-6-2-1-5(3-6)4-7(9)10;1-6-2-4-7(5-3-6)11(8,9)10;2*7-6-2-1-5(3-6)4-8;1-2-4-5-3-1/h1-2,5-6H,3-4,8H2,(H,9,10);2-5H,1H3,(H,8,9,10);2*1-2,5-6,8H,3-4,7H2;1-4H2/t;;5-,6+;;/m..1../s1. The molecular formula is C30H49N3O8S. The van der Waals surface area contributed by atoms with Crippen molar-refractivity contribution in [3.8, 4) is 0 Å². The fourth-order valence-corrected chi connectivity index (χ4v) is 4.77. The Hall–Kier alpha value is -2.42. The Bertz CT molecular complexity index is 1050. The van der Waals surface area contributed by atoms with Gasteiger partial charge in [-0.05, 0) is 57.1 Å². The molecule has 10 N–H and O–H groups in total. The first kappa shape index (κ1) is 37.6. The molecule has 0 bridgehead atoms. The summed E-state index contributed by atoms with van der Waals surface area (Å²) in [4.78, 5) is 10.1. The number of carbonyl (C=O) groups is 1. The zero-order valence-electron chi connectivity index (χ0n) is 24.4. The van der Waals surface area contributed by atoms with E-state index in [2.05, 4.69) is 0 Å². The topological polar surface area (TPSA) is 219 Å². The molecule has 6 atom stereocenters. The van der Waals surface area contributed by atoms with Crippen molar-refractivity contribution >= 4 is 16.1 Å². The van der Waals surface area contributed by atoms with Crippen LogP contribution in [0.5, 0.6) is 0 Å². The molecule has 42 heavy (non-hydrogen) atoms. The van der Waals surface area contributed by atoms with Gasteiger partial charge in [-0.25, -0.2) is 0 Å². The number of allylic oxidation sites excluding steroid dienone is 1. The van der Waals surface area contributed by atoms with Gasteiger partial charge in [-0.15, -0.1) is 0 Å². The van der Waals surface area contributed by atoms with Gasteiger partial charge in [-0.1, -0.05) is 54.2 Å². The van der Waals surface area contributed by atoms with E-state index < -0.39 is 16.1 Å². The molecule has 4 aliphatic rings. The Morgan fingerprint density at radius 2 is 1.19 bits per heavy atom. The number of ether oxygens (including phenoxy) is 1. The van der Waals surface area contributed by atoms with Gasteiger partial charge in [0.1, 0.15) is 0 Å². The number of hydrogen-bond donors (Lipinski definition) is 7. The van der Waals surface area contributed by atoms with E-state index in [-0.39, 0.29) is 48.6 Å². The third-order valence-corrected chi connectivity index (χ3v) is 7.54. The molecule has 1 aliphatic heterocycles. The second-order valence-electron chi connectivity index (χ2n) is 10.7. The molecule has 0 amide bonds. The second kappa shape index (κ2) is 20.5. The molecule has 1 aromatic rings. The van der Waals surface area contributed by atoms with Crippen LogP contribution in [-0.2, 0) is 19.6 Å². The van der Waals surface area contributed by atoms with Crippen molar-refractivity contribution in [2.45, 2.75) is 68.5 Å². The van der Waals surface area contributed by atoms with E-state index in [1.807, 2.05) is 43.4 Å². The summed E-state index contributed by atoms with van der Waals surface area (Å²) in [6.07, 6.45) is 17.0. The molecule has 0 aromatic heterocycles. The Morgan fingerprint density at radius 3 is 1.43 bits per heavy atom. The van der Waals surface area contributed by atoms with Crippen molar-refractivity contribution in [2.75, 3.05) is 26.4 Å². The Kier molecular flexibility index (Phi) is 18.3. The lowest BCUT2D eigenvalue weighted by molar-refractivity contribution is -0.137. The quantitative estimate of drug-likeness (QED) is 0.189. The molecule has 1 saturated heterocycles. The summed E-state index contributed by atoms with van der Waals surface area (Å²) in [5.41, 5.74) is 17.5. The maximum atomic E-state index is 10.5. The normalized spacial score (nSPS) is 27.0. The molecule has 11 nitrogen and oxygen atoms in total. The average molecular weight is 612 g/mol. The van der Waals surface area contributed by atoms with Crippen LogP contribution in [0.15, 0.2) is 65.6 Å². The molecule has 1 heterocycles. The van der Waals surface area contributed by atoms with Gasteiger partial charge < -0.3 is 37.3 Å². The van der Waals surface area contributed by atoms with Crippen LogP contribution >= 0.6 is 0 Å². The van der Waals surface area contributed by atoms with Crippen molar-refractivity contribution in [2.24, 2.45) is 35.0 Å². The van der Waals surface area contributed by atoms with Gasteiger partial charge in [0, 0.05) is 56.4 Å². The van der Waals surface area contributed by atoms with Crippen LogP contribution in [-0.4, -0.2) is 78.8 Å². The summed E-state index contributed by atoms with van der Waals surface area (Å²) < 4.78 is 34.5. The van der Waals surface area contributed by atoms with Crippen LogP contribution in [0, 0.1) is 24.7 Å². The maximum absolute atomic E-state index is 10.5. The minimum Gasteiger partial charge on any atom is -0.481 e. The first-order valence-electron chi connectivity index (χ1n) is 14.2. The molecule has 4 unspecified atom stereocenters. The summed E-state index contributed by atoms with van der Waals surface area (Å²) in [7, 11) is -4.02. The summed E-state index contributed by atoms with van der Waals surface area (Å²) in [5.74, 6) is 0.0613. The predicted molar refractivity (Wildman–Crippen MR) is 163 cm³/mol. The van der Waals surface area contributed by atoms with Gasteiger partial charge in [0.15, 0.2) is 0 Å². The van der Waals surface area contributed by atoms with Crippen LogP contribution in [0.25, 0.3) is 0 Å². The van der Waals surface area contributed by atoms with Gasteiger partial charge in [0.25, 0.3) is 10.1 Å². The van der Waals surface area contributed by atoms with Gasteiger partial charge in [0.05, 0.1) is 11.3 Å². The number of aliphatic hydroxyl groups excluding tert-OH is 2. The van der Waals surface area contributed by atoms with Crippen LogP contribution < -0.4 is 17.2 Å². The van der Waals surface area contributed by atoms with E-state index in [0.717, 1.165) is 38.0 Å². The Labute approximate surface area is 249 Å². The van der Waals surface area contributed by atoms with Crippen molar-refractivity contribution in [1.29, 1.82) is 0 Å². The van der Waals surface area contributed by atoms with Crippen LogP contribution in [0.3, 0.4) is 0 Å². The minimum atomic E-state index is -4.02. The zero-order valence-corrected chi connectivity index (χ0v) is 25.2. The monoisotopic (exact) mass is 611 g/mol. The van der Waals surface area contributed by atoms with Crippen molar-refractivity contribution < 1.29 is 37.8 Å². The van der Waals surface area contributed by atoms with E-state index in [4.69, 9.17) is 41.8 Å². The number of aryl methyl sites for hydroxylation is 1.